The molecule has 0 unspecified atom stereocenters. The minimum absolute atomic E-state index is 0.0893. The van der Waals surface area contributed by atoms with Crippen LogP contribution in [-0.4, -0.2) is 43.4 Å². The highest BCUT2D eigenvalue weighted by Crippen LogP contribution is 2.36. The fourth-order valence-electron chi connectivity index (χ4n) is 2.89. The van der Waals surface area contributed by atoms with Gasteiger partial charge in [0.15, 0.2) is 5.82 Å². The molecule has 0 atom stereocenters. The average Bonchev–Trinajstić information content (AvgIpc) is 2.91. The minimum atomic E-state index is -0.177. The van der Waals surface area contributed by atoms with Gasteiger partial charge in [-0.25, -0.2) is 4.98 Å². The second-order valence-electron chi connectivity index (χ2n) is 5.82. The standard InChI is InChI=1S/C16H21N5O3/c1-3-24-16-12(5-4-6-17-16)15(23)18-11-7-10(8-11)14-20-19-13(9-22)21(14)2/h4-6,10-11,22H,3,7-9H2,1-2H3,(H,18,23). The van der Waals surface area contributed by atoms with Crippen molar-refractivity contribution in [2.75, 3.05) is 6.61 Å². The number of carbonyl (C=O) groups is 1. The van der Waals surface area contributed by atoms with Gasteiger partial charge in [0.25, 0.3) is 5.91 Å². The molecule has 2 aromatic rings. The molecule has 1 fully saturated rings. The lowest BCUT2D eigenvalue weighted by atomic mass is 9.79. The summed E-state index contributed by atoms with van der Waals surface area (Å²) in [4.78, 5) is 16.5. The third-order valence-electron chi connectivity index (χ3n) is 4.28. The van der Waals surface area contributed by atoms with Crippen LogP contribution in [0, 0.1) is 0 Å². The first-order chi connectivity index (χ1) is 11.6. The highest BCUT2D eigenvalue weighted by molar-refractivity contribution is 5.96. The Morgan fingerprint density at radius 2 is 2.25 bits per heavy atom. The van der Waals surface area contributed by atoms with E-state index in [1.807, 2.05) is 18.5 Å². The molecule has 0 spiro atoms. The normalized spacial score (nSPS) is 19.6. The third kappa shape index (κ3) is 3.09. The molecule has 0 radical (unpaired) electrons. The molecule has 1 aliphatic rings. The molecule has 2 aromatic heterocycles. The fraction of sp³-hybridized carbons (Fsp3) is 0.500. The van der Waals surface area contributed by atoms with E-state index >= 15 is 0 Å². The van der Waals surface area contributed by atoms with Crippen LogP contribution in [0.5, 0.6) is 5.88 Å². The van der Waals surface area contributed by atoms with Crippen molar-refractivity contribution in [2.24, 2.45) is 7.05 Å². The van der Waals surface area contributed by atoms with E-state index in [1.54, 1.807) is 18.3 Å². The maximum Gasteiger partial charge on any atom is 0.256 e. The Labute approximate surface area is 139 Å². The number of hydrogen-bond donors (Lipinski definition) is 2. The van der Waals surface area contributed by atoms with E-state index < -0.39 is 0 Å². The Morgan fingerprint density at radius 1 is 1.46 bits per heavy atom. The lowest BCUT2D eigenvalue weighted by Gasteiger charge is -2.35. The molecule has 1 amide bonds. The van der Waals surface area contributed by atoms with Crippen LogP contribution >= 0.6 is 0 Å². The number of nitrogens with zero attached hydrogens (tertiary/aromatic N) is 4. The van der Waals surface area contributed by atoms with Gasteiger partial charge >= 0.3 is 0 Å². The lowest BCUT2D eigenvalue weighted by Crippen LogP contribution is -2.44. The first-order valence-electron chi connectivity index (χ1n) is 8.01. The number of aliphatic hydroxyl groups excluding tert-OH is 1. The summed E-state index contributed by atoms with van der Waals surface area (Å²) in [5, 5.41) is 20.3. The van der Waals surface area contributed by atoms with Gasteiger partial charge in [0.1, 0.15) is 18.0 Å². The van der Waals surface area contributed by atoms with Crippen molar-refractivity contribution in [1.82, 2.24) is 25.1 Å². The van der Waals surface area contributed by atoms with E-state index in [1.165, 1.54) is 0 Å². The Hall–Kier alpha value is -2.48. The van der Waals surface area contributed by atoms with E-state index in [4.69, 9.17) is 4.74 Å². The van der Waals surface area contributed by atoms with Gasteiger partial charge in [-0.15, -0.1) is 10.2 Å². The van der Waals surface area contributed by atoms with E-state index in [0.29, 0.717) is 23.9 Å². The summed E-state index contributed by atoms with van der Waals surface area (Å²) in [5.74, 6) is 1.82. The molecule has 1 aliphatic carbocycles. The SMILES string of the molecule is CCOc1ncccc1C(=O)NC1CC(c2nnc(CO)n2C)C1. The van der Waals surface area contributed by atoms with Gasteiger partial charge in [0.2, 0.25) is 5.88 Å². The second kappa shape index (κ2) is 6.96. The number of ether oxygens (including phenoxy) is 1. The predicted octanol–water partition coefficient (Wildman–Crippen LogP) is 0.777. The molecule has 8 nitrogen and oxygen atoms in total. The number of hydrogen-bond acceptors (Lipinski definition) is 6. The van der Waals surface area contributed by atoms with Crippen molar-refractivity contribution >= 4 is 5.91 Å². The van der Waals surface area contributed by atoms with Crippen molar-refractivity contribution in [3.8, 4) is 5.88 Å². The lowest BCUT2D eigenvalue weighted by molar-refractivity contribution is 0.0902. The van der Waals surface area contributed by atoms with Crippen molar-refractivity contribution in [3.63, 3.8) is 0 Å². The molecule has 0 aromatic carbocycles. The van der Waals surface area contributed by atoms with Crippen LogP contribution < -0.4 is 10.1 Å². The van der Waals surface area contributed by atoms with Gasteiger partial charge in [-0.05, 0) is 31.9 Å². The summed E-state index contributed by atoms with van der Waals surface area (Å²) in [6, 6.07) is 3.52. The molecular weight excluding hydrogens is 310 g/mol. The molecule has 3 rings (SSSR count). The molecule has 0 aliphatic heterocycles. The zero-order chi connectivity index (χ0) is 17.1. The van der Waals surface area contributed by atoms with Crippen molar-refractivity contribution in [3.05, 3.63) is 35.5 Å². The summed E-state index contributed by atoms with van der Waals surface area (Å²) in [6.07, 6.45) is 3.20. The molecule has 2 N–H and O–H groups in total. The maximum absolute atomic E-state index is 12.4. The van der Waals surface area contributed by atoms with Gasteiger partial charge in [-0.3, -0.25) is 4.79 Å². The minimum Gasteiger partial charge on any atom is -0.477 e. The summed E-state index contributed by atoms with van der Waals surface area (Å²) < 4.78 is 7.21. The summed E-state index contributed by atoms with van der Waals surface area (Å²) in [7, 11) is 1.84. The van der Waals surface area contributed by atoms with E-state index in [9.17, 15) is 9.90 Å². The number of aromatic nitrogens is 4. The monoisotopic (exact) mass is 331 g/mol. The Balaban J connectivity index is 1.59. The number of amides is 1. The van der Waals surface area contributed by atoms with Crippen LogP contribution in [0.1, 0.15) is 47.7 Å². The summed E-state index contributed by atoms with van der Waals surface area (Å²) in [6.45, 7) is 2.19. The zero-order valence-corrected chi connectivity index (χ0v) is 13.8. The molecule has 0 bridgehead atoms. The van der Waals surface area contributed by atoms with E-state index in [-0.39, 0.29) is 24.5 Å². The van der Waals surface area contributed by atoms with Gasteiger partial charge < -0.3 is 19.7 Å². The molecule has 1 saturated carbocycles. The maximum atomic E-state index is 12.4. The first-order valence-corrected chi connectivity index (χ1v) is 8.01. The highest BCUT2D eigenvalue weighted by Gasteiger charge is 2.35. The Morgan fingerprint density at radius 3 is 2.92 bits per heavy atom. The zero-order valence-electron chi connectivity index (χ0n) is 13.8. The van der Waals surface area contributed by atoms with Crippen LogP contribution in [0.3, 0.4) is 0 Å². The number of nitrogens with one attached hydrogen (secondary N) is 1. The van der Waals surface area contributed by atoms with Crippen molar-refractivity contribution in [2.45, 2.75) is 38.3 Å². The molecule has 2 heterocycles. The van der Waals surface area contributed by atoms with Crippen LogP contribution in [0.15, 0.2) is 18.3 Å². The topological polar surface area (TPSA) is 102 Å². The number of pyridine rings is 1. The number of carbonyl (C=O) groups excluding carboxylic acids is 1. The Bertz CT molecular complexity index is 724. The molecule has 128 valence electrons. The van der Waals surface area contributed by atoms with Crippen LogP contribution in [0.25, 0.3) is 0 Å². The number of aliphatic hydroxyl groups is 1. The van der Waals surface area contributed by atoms with Crippen LogP contribution in [0.4, 0.5) is 0 Å². The Kier molecular flexibility index (Phi) is 4.75. The van der Waals surface area contributed by atoms with Crippen molar-refractivity contribution < 1.29 is 14.6 Å². The molecular formula is C16H21N5O3. The van der Waals surface area contributed by atoms with E-state index in [0.717, 1.165) is 18.7 Å². The quantitative estimate of drug-likeness (QED) is 0.811. The summed E-state index contributed by atoms with van der Waals surface area (Å²) >= 11 is 0. The molecule has 24 heavy (non-hydrogen) atoms. The fourth-order valence-corrected chi connectivity index (χ4v) is 2.89. The largest absolute Gasteiger partial charge is 0.477 e. The van der Waals surface area contributed by atoms with Gasteiger partial charge in [0, 0.05) is 25.2 Å². The van der Waals surface area contributed by atoms with Crippen molar-refractivity contribution in [1.29, 1.82) is 0 Å². The van der Waals surface area contributed by atoms with E-state index in [2.05, 4.69) is 20.5 Å². The first kappa shape index (κ1) is 16.4. The van der Waals surface area contributed by atoms with Gasteiger partial charge in [0.05, 0.1) is 6.61 Å². The van der Waals surface area contributed by atoms with Gasteiger partial charge in [-0.1, -0.05) is 0 Å². The third-order valence-corrected chi connectivity index (χ3v) is 4.28. The van der Waals surface area contributed by atoms with Gasteiger partial charge in [-0.2, -0.15) is 0 Å². The molecule has 0 saturated heterocycles. The highest BCUT2D eigenvalue weighted by atomic mass is 16.5. The predicted molar refractivity (Wildman–Crippen MR) is 85.6 cm³/mol. The number of rotatable bonds is 6. The second-order valence-corrected chi connectivity index (χ2v) is 5.82. The summed E-state index contributed by atoms with van der Waals surface area (Å²) in [5.41, 5.74) is 0.448. The average molecular weight is 331 g/mol. The smallest absolute Gasteiger partial charge is 0.256 e. The van der Waals surface area contributed by atoms with Crippen LogP contribution in [0.2, 0.25) is 0 Å². The molecule has 8 heteroatoms. The van der Waals surface area contributed by atoms with Crippen LogP contribution in [-0.2, 0) is 13.7 Å².